The molecule has 2 aromatic rings. The van der Waals surface area contributed by atoms with Crippen LogP contribution in [0, 0.1) is 0 Å². The molecule has 0 aliphatic heterocycles. The highest BCUT2D eigenvalue weighted by Crippen LogP contribution is 2.28. The fourth-order valence-corrected chi connectivity index (χ4v) is 1.57. The van der Waals surface area contributed by atoms with E-state index in [1.54, 1.807) is 30.3 Å². The van der Waals surface area contributed by atoms with Crippen LogP contribution in [0.1, 0.15) is 0 Å². The van der Waals surface area contributed by atoms with Crippen molar-refractivity contribution in [3.8, 4) is 17.3 Å². The molecule has 5 nitrogen and oxygen atoms in total. The first-order valence-corrected chi connectivity index (χ1v) is 6.22. The number of alkyl halides is 3. The van der Waals surface area contributed by atoms with Crippen molar-refractivity contribution in [2.45, 2.75) is 5.51 Å². The van der Waals surface area contributed by atoms with E-state index < -0.39 is 21.5 Å². The first-order valence-electron chi connectivity index (χ1n) is 4.81. The summed E-state index contributed by atoms with van der Waals surface area (Å²) in [6.07, 6.45) is 0.686. The highest BCUT2D eigenvalue weighted by Gasteiger charge is 2.49. The van der Waals surface area contributed by atoms with Crippen LogP contribution in [0.15, 0.2) is 41.0 Å². The van der Waals surface area contributed by atoms with Gasteiger partial charge in [-0.25, -0.2) is 0 Å². The van der Waals surface area contributed by atoms with Gasteiger partial charge in [-0.3, -0.25) is 0 Å². The molecule has 0 saturated heterocycles. The van der Waals surface area contributed by atoms with Crippen molar-refractivity contribution < 1.29 is 30.2 Å². The fourth-order valence-electron chi connectivity index (χ4n) is 1.17. The predicted molar refractivity (Wildman–Crippen MR) is 57.5 cm³/mol. The summed E-state index contributed by atoms with van der Waals surface area (Å²) in [4.78, 5) is 3.51. The summed E-state index contributed by atoms with van der Waals surface area (Å²) in [5, 5.41) is 0. The molecule has 0 bridgehead atoms. The van der Waals surface area contributed by atoms with Crippen LogP contribution >= 0.6 is 0 Å². The first-order chi connectivity index (χ1) is 8.79. The molecule has 102 valence electrons. The minimum Gasteiger partial charge on any atom is -0.440 e. The van der Waals surface area contributed by atoms with Gasteiger partial charge in [0.25, 0.3) is 5.88 Å². The van der Waals surface area contributed by atoms with Gasteiger partial charge >= 0.3 is 15.6 Å². The van der Waals surface area contributed by atoms with Gasteiger partial charge in [0.05, 0.1) is 0 Å². The van der Waals surface area contributed by atoms with Crippen molar-refractivity contribution in [3.63, 3.8) is 0 Å². The first kappa shape index (κ1) is 13.4. The molecule has 1 aromatic carbocycles. The number of hydrogen-bond acceptors (Lipinski definition) is 5. The second kappa shape index (κ2) is 4.57. The quantitative estimate of drug-likeness (QED) is 0.642. The molecule has 0 aliphatic carbocycles. The summed E-state index contributed by atoms with van der Waals surface area (Å²) in [7, 11) is -5.74. The van der Waals surface area contributed by atoms with Crippen molar-refractivity contribution in [1.29, 1.82) is 0 Å². The van der Waals surface area contributed by atoms with E-state index in [4.69, 9.17) is 4.42 Å². The van der Waals surface area contributed by atoms with Crippen molar-refractivity contribution in [3.05, 3.63) is 36.6 Å². The highest BCUT2D eigenvalue weighted by atomic mass is 32.2. The molecular weight excluding hydrogens is 287 g/mol. The van der Waals surface area contributed by atoms with E-state index in [1.807, 2.05) is 0 Å². The molecular formula is C10H6F3NO4S. The van der Waals surface area contributed by atoms with Crippen molar-refractivity contribution in [1.82, 2.24) is 4.98 Å². The summed E-state index contributed by atoms with van der Waals surface area (Å²) in [6.45, 7) is 0. The van der Waals surface area contributed by atoms with Gasteiger partial charge in [-0.2, -0.15) is 26.6 Å². The number of rotatable bonds is 3. The van der Waals surface area contributed by atoms with Crippen LogP contribution in [0.3, 0.4) is 0 Å². The lowest BCUT2D eigenvalue weighted by atomic mass is 10.2. The van der Waals surface area contributed by atoms with Crippen LogP contribution in [0.5, 0.6) is 5.88 Å². The van der Waals surface area contributed by atoms with Crippen LogP contribution < -0.4 is 4.18 Å². The van der Waals surface area contributed by atoms with Crippen LogP contribution in [-0.4, -0.2) is 18.9 Å². The number of aromatic nitrogens is 1. The Morgan fingerprint density at radius 3 is 2.37 bits per heavy atom. The van der Waals surface area contributed by atoms with Gasteiger partial charge < -0.3 is 8.60 Å². The van der Waals surface area contributed by atoms with Crippen molar-refractivity contribution in [2.24, 2.45) is 0 Å². The van der Waals surface area contributed by atoms with Gasteiger partial charge in [-0.05, 0) is 12.1 Å². The van der Waals surface area contributed by atoms with E-state index in [9.17, 15) is 21.6 Å². The Morgan fingerprint density at radius 2 is 1.79 bits per heavy atom. The lowest BCUT2D eigenvalue weighted by molar-refractivity contribution is -0.0501. The smallest absolute Gasteiger partial charge is 0.440 e. The Labute approximate surface area is 105 Å². The Balaban J connectivity index is 2.24. The molecule has 1 heterocycles. The van der Waals surface area contributed by atoms with Crippen molar-refractivity contribution in [2.75, 3.05) is 0 Å². The normalized spacial score (nSPS) is 12.4. The van der Waals surface area contributed by atoms with Crippen LogP contribution in [0.4, 0.5) is 13.2 Å². The molecule has 2 rings (SSSR count). The third kappa shape index (κ3) is 2.87. The summed E-state index contributed by atoms with van der Waals surface area (Å²) >= 11 is 0. The van der Waals surface area contributed by atoms with Crippen molar-refractivity contribution >= 4 is 10.1 Å². The summed E-state index contributed by atoms with van der Waals surface area (Å²) in [6, 6.07) is 8.22. The largest absolute Gasteiger partial charge is 0.534 e. The molecule has 0 spiro atoms. The molecule has 0 radical (unpaired) electrons. The molecule has 0 saturated carbocycles. The summed E-state index contributed by atoms with van der Waals surface area (Å²) in [5.41, 5.74) is -5.04. The Hall–Kier alpha value is -2.03. The van der Waals surface area contributed by atoms with Gasteiger partial charge in [0.15, 0.2) is 6.26 Å². The van der Waals surface area contributed by atoms with E-state index in [-0.39, 0.29) is 5.89 Å². The molecule has 0 aliphatic rings. The zero-order valence-electron chi connectivity index (χ0n) is 9.09. The average molecular weight is 293 g/mol. The zero-order chi connectivity index (χ0) is 14.1. The van der Waals surface area contributed by atoms with E-state index in [2.05, 4.69) is 9.17 Å². The Bertz CT molecular complexity index is 664. The van der Waals surface area contributed by atoms with Gasteiger partial charge in [-0.15, -0.1) is 0 Å². The molecule has 0 unspecified atom stereocenters. The molecule has 0 amide bonds. The minimum absolute atomic E-state index is 0.0482. The van der Waals surface area contributed by atoms with E-state index in [0.29, 0.717) is 11.8 Å². The van der Waals surface area contributed by atoms with E-state index in [0.717, 1.165) is 0 Å². The standard InChI is InChI=1S/C10H6F3NO4S/c11-10(12,13)19(15,16)18-8-6-17-9(14-8)7-4-2-1-3-5-7/h1-6H. The molecule has 19 heavy (non-hydrogen) atoms. The number of nitrogens with zero attached hydrogens (tertiary/aromatic N) is 1. The predicted octanol–water partition coefficient (Wildman–Crippen LogP) is 2.57. The Morgan fingerprint density at radius 1 is 1.16 bits per heavy atom. The second-order valence-electron chi connectivity index (χ2n) is 3.34. The zero-order valence-corrected chi connectivity index (χ0v) is 9.90. The van der Waals surface area contributed by atoms with E-state index in [1.165, 1.54) is 0 Å². The molecule has 0 atom stereocenters. The SMILES string of the molecule is O=S(=O)(Oc1coc(-c2ccccc2)n1)C(F)(F)F. The number of halogens is 3. The van der Waals surface area contributed by atoms with Crippen LogP contribution in [-0.2, 0) is 10.1 Å². The third-order valence-corrected chi connectivity index (χ3v) is 2.94. The lowest BCUT2D eigenvalue weighted by Gasteiger charge is -2.05. The average Bonchev–Trinajstić information content (AvgIpc) is 2.76. The summed E-state index contributed by atoms with van der Waals surface area (Å²) < 4.78 is 66.4. The highest BCUT2D eigenvalue weighted by molar-refractivity contribution is 7.87. The van der Waals surface area contributed by atoms with E-state index >= 15 is 0 Å². The fraction of sp³-hybridized carbons (Fsp3) is 0.100. The number of hydrogen-bond donors (Lipinski definition) is 0. The number of benzene rings is 1. The molecule has 1 aromatic heterocycles. The van der Waals surface area contributed by atoms with Crippen LogP contribution in [0.25, 0.3) is 11.5 Å². The van der Waals surface area contributed by atoms with Gasteiger partial charge in [0.2, 0.25) is 5.89 Å². The summed E-state index contributed by atoms with van der Waals surface area (Å²) in [5.74, 6) is -0.829. The minimum atomic E-state index is -5.74. The second-order valence-corrected chi connectivity index (χ2v) is 4.88. The van der Waals surface area contributed by atoms with Gasteiger partial charge in [0.1, 0.15) is 0 Å². The Kier molecular flexibility index (Phi) is 3.23. The molecule has 0 N–H and O–H groups in total. The van der Waals surface area contributed by atoms with Gasteiger partial charge in [0, 0.05) is 5.56 Å². The third-order valence-electron chi connectivity index (χ3n) is 1.98. The van der Waals surface area contributed by atoms with Crippen LogP contribution in [0.2, 0.25) is 0 Å². The lowest BCUT2D eigenvalue weighted by Crippen LogP contribution is -2.28. The maximum Gasteiger partial charge on any atom is 0.534 e. The maximum absolute atomic E-state index is 12.1. The maximum atomic E-state index is 12.1. The van der Waals surface area contributed by atoms with Gasteiger partial charge in [-0.1, -0.05) is 18.2 Å². The monoisotopic (exact) mass is 293 g/mol. The topological polar surface area (TPSA) is 69.4 Å². The molecule has 9 heteroatoms. The number of oxazole rings is 1. The molecule has 0 fully saturated rings.